The third-order valence-corrected chi connectivity index (χ3v) is 4.56. The maximum atomic E-state index is 12.2. The van der Waals surface area contributed by atoms with Crippen molar-refractivity contribution >= 4 is 35.0 Å². The summed E-state index contributed by atoms with van der Waals surface area (Å²) in [6.45, 7) is 4.42. The van der Waals surface area contributed by atoms with E-state index in [-0.39, 0.29) is 11.2 Å². The first-order chi connectivity index (χ1) is 10.6. The Labute approximate surface area is 140 Å². The van der Waals surface area contributed by atoms with Gasteiger partial charge in [-0.15, -0.1) is 11.8 Å². The van der Waals surface area contributed by atoms with Gasteiger partial charge in [0.15, 0.2) is 0 Å². The van der Waals surface area contributed by atoms with Crippen LogP contribution in [0.25, 0.3) is 0 Å². The minimum atomic E-state index is -0.244. The van der Waals surface area contributed by atoms with E-state index >= 15 is 0 Å². The molecule has 116 valence electrons. The summed E-state index contributed by atoms with van der Waals surface area (Å²) in [6, 6.07) is 14.8. The molecule has 0 spiro atoms. The Hall–Kier alpha value is -1.65. The average Bonchev–Trinajstić information content (AvgIpc) is 2.51. The lowest BCUT2D eigenvalue weighted by Gasteiger charge is -2.13. The lowest BCUT2D eigenvalue weighted by Crippen LogP contribution is -2.22. The second-order valence-electron chi connectivity index (χ2n) is 4.64. The van der Waals surface area contributed by atoms with Crippen LogP contribution >= 0.6 is 23.4 Å². The van der Waals surface area contributed by atoms with Crippen molar-refractivity contribution in [3.63, 3.8) is 0 Å². The zero-order valence-corrected chi connectivity index (χ0v) is 14.1. The molecule has 0 heterocycles. The minimum Gasteiger partial charge on any atom is -0.494 e. The molecular weight excluding hydrogens is 318 g/mol. The summed E-state index contributed by atoms with van der Waals surface area (Å²) >= 11 is 7.55. The van der Waals surface area contributed by atoms with Crippen LogP contribution in [0.4, 0.5) is 5.69 Å². The van der Waals surface area contributed by atoms with E-state index in [1.165, 1.54) is 11.8 Å². The highest BCUT2D eigenvalue weighted by molar-refractivity contribution is 8.00. The van der Waals surface area contributed by atoms with Gasteiger partial charge in [0.05, 0.1) is 16.9 Å². The van der Waals surface area contributed by atoms with Gasteiger partial charge in [0.25, 0.3) is 0 Å². The number of amides is 1. The Kier molecular flexibility index (Phi) is 6.16. The fourth-order valence-electron chi connectivity index (χ4n) is 1.83. The van der Waals surface area contributed by atoms with E-state index < -0.39 is 0 Å². The number of hydrogen-bond acceptors (Lipinski definition) is 3. The Morgan fingerprint density at radius 1 is 1.23 bits per heavy atom. The normalized spacial score (nSPS) is 11.8. The molecule has 0 radical (unpaired) electrons. The molecule has 2 aromatic carbocycles. The summed E-state index contributed by atoms with van der Waals surface area (Å²) in [7, 11) is 0. The zero-order chi connectivity index (χ0) is 15.9. The molecule has 1 atom stereocenters. The molecule has 0 aliphatic carbocycles. The number of nitrogens with one attached hydrogen (secondary N) is 1. The Balaban J connectivity index is 1.95. The van der Waals surface area contributed by atoms with Crippen molar-refractivity contribution in [2.75, 3.05) is 11.9 Å². The molecule has 1 unspecified atom stereocenters. The fourth-order valence-corrected chi connectivity index (χ4v) is 2.98. The molecule has 2 rings (SSSR count). The lowest BCUT2D eigenvalue weighted by atomic mass is 10.3. The summed E-state index contributed by atoms with van der Waals surface area (Å²) in [5, 5.41) is 3.31. The van der Waals surface area contributed by atoms with E-state index in [0.29, 0.717) is 11.6 Å². The van der Waals surface area contributed by atoms with Gasteiger partial charge in [-0.1, -0.05) is 23.7 Å². The largest absolute Gasteiger partial charge is 0.494 e. The van der Waals surface area contributed by atoms with E-state index in [0.717, 1.165) is 16.3 Å². The first-order valence-electron chi connectivity index (χ1n) is 7.05. The summed E-state index contributed by atoms with van der Waals surface area (Å²) in [4.78, 5) is 13.1. The van der Waals surface area contributed by atoms with Gasteiger partial charge >= 0.3 is 0 Å². The van der Waals surface area contributed by atoms with E-state index in [1.54, 1.807) is 0 Å². The van der Waals surface area contributed by atoms with Crippen LogP contribution in [0.2, 0.25) is 5.02 Å². The number of ether oxygens (including phenoxy) is 1. The molecule has 0 saturated heterocycles. The van der Waals surface area contributed by atoms with Gasteiger partial charge in [0.1, 0.15) is 5.75 Å². The Morgan fingerprint density at radius 3 is 2.55 bits per heavy atom. The first kappa shape index (κ1) is 16.7. The van der Waals surface area contributed by atoms with Gasteiger partial charge in [-0.05, 0) is 50.2 Å². The fraction of sp³-hybridized carbons (Fsp3) is 0.235. The van der Waals surface area contributed by atoms with Gasteiger partial charge < -0.3 is 10.1 Å². The van der Waals surface area contributed by atoms with E-state index in [4.69, 9.17) is 16.3 Å². The topological polar surface area (TPSA) is 38.3 Å². The van der Waals surface area contributed by atoms with Crippen molar-refractivity contribution in [3.05, 3.63) is 53.6 Å². The SMILES string of the molecule is CCOc1ccc(NC(=O)C(C)Sc2ccccc2Cl)cc1. The molecule has 2 aromatic rings. The van der Waals surface area contributed by atoms with Crippen molar-refractivity contribution < 1.29 is 9.53 Å². The number of halogens is 1. The summed E-state index contributed by atoms with van der Waals surface area (Å²) in [6.07, 6.45) is 0. The second-order valence-corrected chi connectivity index (χ2v) is 6.43. The van der Waals surface area contributed by atoms with Crippen molar-refractivity contribution in [1.82, 2.24) is 0 Å². The van der Waals surface area contributed by atoms with Crippen LogP contribution in [0.1, 0.15) is 13.8 Å². The minimum absolute atomic E-state index is 0.0610. The quantitative estimate of drug-likeness (QED) is 0.766. The Morgan fingerprint density at radius 2 is 1.91 bits per heavy atom. The molecule has 22 heavy (non-hydrogen) atoms. The smallest absolute Gasteiger partial charge is 0.237 e. The maximum absolute atomic E-state index is 12.2. The van der Waals surface area contributed by atoms with Gasteiger partial charge in [0, 0.05) is 10.6 Å². The number of anilines is 1. The van der Waals surface area contributed by atoms with Crippen LogP contribution in [0, 0.1) is 0 Å². The van der Waals surface area contributed by atoms with E-state index in [1.807, 2.05) is 62.4 Å². The number of carbonyl (C=O) groups excluding carboxylic acids is 1. The highest BCUT2D eigenvalue weighted by atomic mass is 35.5. The monoisotopic (exact) mass is 335 g/mol. The van der Waals surface area contributed by atoms with E-state index in [9.17, 15) is 4.79 Å². The molecule has 0 aliphatic rings. The molecule has 0 bridgehead atoms. The number of benzene rings is 2. The van der Waals surface area contributed by atoms with Gasteiger partial charge in [-0.2, -0.15) is 0 Å². The number of hydrogen-bond donors (Lipinski definition) is 1. The molecule has 1 N–H and O–H groups in total. The molecular formula is C17H18ClNO2S. The van der Waals surface area contributed by atoms with Crippen LogP contribution in [0.5, 0.6) is 5.75 Å². The second kappa shape index (κ2) is 8.11. The van der Waals surface area contributed by atoms with Gasteiger partial charge in [0.2, 0.25) is 5.91 Å². The van der Waals surface area contributed by atoms with Crippen LogP contribution in [0.15, 0.2) is 53.4 Å². The van der Waals surface area contributed by atoms with Crippen LogP contribution in [-0.4, -0.2) is 17.8 Å². The summed E-state index contributed by atoms with van der Waals surface area (Å²) < 4.78 is 5.37. The highest BCUT2D eigenvalue weighted by Gasteiger charge is 2.15. The maximum Gasteiger partial charge on any atom is 0.237 e. The third-order valence-electron chi connectivity index (χ3n) is 2.94. The number of rotatable bonds is 6. The standard InChI is InChI=1S/C17H18ClNO2S/c1-3-21-14-10-8-13(9-11-14)19-17(20)12(2)22-16-7-5-4-6-15(16)18/h4-12H,3H2,1-2H3,(H,19,20). The Bertz CT molecular complexity index is 631. The predicted molar refractivity (Wildman–Crippen MR) is 93.0 cm³/mol. The predicted octanol–water partition coefficient (Wildman–Crippen LogP) is 4.86. The molecule has 0 aliphatic heterocycles. The number of thioether (sulfide) groups is 1. The van der Waals surface area contributed by atoms with Crippen molar-refractivity contribution in [2.45, 2.75) is 24.0 Å². The van der Waals surface area contributed by atoms with Crippen molar-refractivity contribution in [1.29, 1.82) is 0 Å². The molecule has 5 heteroatoms. The number of carbonyl (C=O) groups is 1. The molecule has 0 saturated carbocycles. The summed E-state index contributed by atoms with van der Waals surface area (Å²) in [5.74, 6) is 0.730. The lowest BCUT2D eigenvalue weighted by molar-refractivity contribution is -0.115. The third kappa shape index (κ3) is 4.68. The summed E-state index contributed by atoms with van der Waals surface area (Å²) in [5.41, 5.74) is 0.750. The highest BCUT2D eigenvalue weighted by Crippen LogP contribution is 2.30. The molecule has 3 nitrogen and oxygen atoms in total. The van der Waals surface area contributed by atoms with Crippen LogP contribution in [-0.2, 0) is 4.79 Å². The van der Waals surface area contributed by atoms with Crippen LogP contribution < -0.4 is 10.1 Å². The first-order valence-corrected chi connectivity index (χ1v) is 8.31. The average molecular weight is 336 g/mol. The van der Waals surface area contributed by atoms with Crippen LogP contribution in [0.3, 0.4) is 0 Å². The van der Waals surface area contributed by atoms with Crippen molar-refractivity contribution in [2.24, 2.45) is 0 Å². The van der Waals surface area contributed by atoms with Gasteiger partial charge in [-0.3, -0.25) is 4.79 Å². The molecule has 0 fully saturated rings. The molecule has 1 amide bonds. The zero-order valence-electron chi connectivity index (χ0n) is 12.5. The van der Waals surface area contributed by atoms with Crippen molar-refractivity contribution in [3.8, 4) is 5.75 Å². The molecule has 0 aromatic heterocycles. The van der Waals surface area contributed by atoms with E-state index in [2.05, 4.69) is 5.32 Å². The van der Waals surface area contributed by atoms with Gasteiger partial charge in [-0.25, -0.2) is 0 Å².